The van der Waals surface area contributed by atoms with Gasteiger partial charge in [-0.2, -0.15) is 0 Å². The Hall–Kier alpha value is -1.95. The summed E-state index contributed by atoms with van der Waals surface area (Å²) in [5.41, 5.74) is 4.09. The van der Waals surface area contributed by atoms with E-state index in [4.69, 9.17) is 5.11 Å². The maximum Gasteiger partial charge on any atom is 0.357 e. The number of aryl methyl sites for hydroxylation is 2. The standard InChI is InChI=1S/C11H11N3O2S/c1-6-3-4-8(7(2)13-6)14-10-9(11(15)16)12-5-17-10/h3-5,14H,1-2H3,(H,15,16). The van der Waals surface area contributed by atoms with Crippen molar-refractivity contribution >= 4 is 28.0 Å². The monoisotopic (exact) mass is 249 g/mol. The van der Waals surface area contributed by atoms with Gasteiger partial charge in [-0.15, -0.1) is 11.3 Å². The number of nitrogens with one attached hydrogen (secondary N) is 1. The molecule has 0 unspecified atom stereocenters. The minimum atomic E-state index is -1.04. The molecule has 0 atom stereocenters. The van der Waals surface area contributed by atoms with Crippen LogP contribution in [0.4, 0.5) is 10.7 Å². The Bertz CT molecular complexity index is 566. The zero-order chi connectivity index (χ0) is 12.4. The molecule has 17 heavy (non-hydrogen) atoms. The predicted octanol–water partition coefficient (Wildman–Crippen LogP) is 2.60. The fourth-order valence-corrected chi connectivity index (χ4v) is 2.11. The van der Waals surface area contributed by atoms with E-state index in [-0.39, 0.29) is 5.69 Å². The molecule has 2 aromatic rings. The zero-order valence-corrected chi connectivity index (χ0v) is 10.2. The van der Waals surface area contributed by atoms with Crippen LogP contribution >= 0.6 is 11.3 Å². The van der Waals surface area contributed by atoms with Crippen molar-refractivity contribution in [2.24, 2.45) is 0 Å². The smallest absolute Gasteiger partial charge is 0.357 e. The van der Waals surface area contributed by atoms with Gasteiger partial charge < -0.3 is 10.4 Å². The van der Waals surface area contributed by atoms with E-state index < -0.39 is 5.97 Å². The maximum atomic E-state index is 10.9. The first kappa shape index (κ1) is 11.5. The molecule has 2 heterocycles. The molecule has 6 heteroatoms. The highest BCUT2D eigenvalue weighted by Gasteiger charge is 2.14. The first-order chi connectivity index (χ1) is 8.08. The van der Waals surface area contributed by atoms with E-state index in [1.54, 1.807) is 0 Å². The molecule has 5 nitrogen and oxygen atoms in total. The molecule has 0 amide bonds. The summed E-state index contributed by atoms with van der Waals surface area (Å²) >= 11 is 1.25. The lowest BCUT2D eigenvalue weighted by molar-refractivity contribution is 0.0692. The summed E-state index contributed by atoms with van der Waals surface area (Å²) in [5.74, 6) is -1.04. The topological polar surface area (TPSA) is 75.1 Å². The van der Waals surface area contributed by atoms with Gasteiger partial charge in [0.1, 0.15) is 5.00 Å². The first-order valence-electron chi connectivity index (χ1n) is 4.96. The fourth-order valence-electron chi connectivity index (χ4n) is 1.43. The van der Waals surface area contributed by atoms with Crippen molar-refractivity contribution in [1.29, 1.82) is 0 Å². The summed E-state index contributed by atoms with van der Waals surface area (Å²) in [7, 11) is 0. The van der Waals surface area contributed by atoms with Crippen molar-refractivity contribution in [3.05, 3.63) is 34.7 Å². The normalized spacial score (nSPS) is 10.2. The number of carboxylic acids is 1. The quantitative estimate of drug-likeness (QED) is 0.874. The number of aromatic nitrogens is 2. The second kappa shape index (κ2) is 4.50. The van der Waals surface area contributed by atoms with Gasteiger partial charge >= 0.3 is 5.97 Å². The highest BCUT2D eigenvalue weighted by molar-refractivity contribution is 7.14. The summed E-state index contributed by atoms with van der Waals surface area (Å²) in [5, 5.41) is 12.5. The molecule has 0 radical (unpaired) electrons. The van der Waals surface area contributed by atoms with Gasteiger partial charge in [0.25, 0.3) is 0 Å². The summed E-state index contributed by atoms with van der Waals surface area (Å²) in [4.78, 5) is 19.0. The Balaban J connectivity index is 2.31. The van der Waals surface area contributed by atoms with E-state index in [0.29, 0.717) is 5.00 Å². The van der Waals surface area contributed by atoms with Crippen molar-refractivity contribution in [1.82, 2.24) is 9.97 Å². The van der Waals surface area contributed by atoms with Crippen LogP contribution < -0.4 is 5.32 Å². The Morgan fingerprint density at radius 2 is 2.18 bits per heavy atom. The van der Waals surface area contributed by atoms with Crippen LogP contribution in [0.1, 0.15) is 21.9 Å². The predicted molar refractivity (Wildman–Crippen MR) is 66.1 cm³/mol. The summed E-state index contributed by atoms with van der Waals surface area (Å²) in [6.45, 7) is 3.78. The van der Waals surface area contributed by atoms with Crippen molar-refractivity contribution in [3.8, 4) is 0 Å². The largest absolute Gasteiger partial charge is 0.476 e. The third-order valence-electron chi connectivity index (χ3n) is 2.24. The summed E-state index contributed by atoms with van der Waals surface area (Å²) in [6.07, 6.45) is 0. The molecular weight excluding hydrogens is 238 g/mol. The van der Waals surface area contributed by atoms with E-state index in [1.165, 1.54) is 16.8 Å². The maximum absolute atomic E-state index is 10.9. The van der Waals surface area contributed by atoms with Gasteiger partial charge in [0.2, 0.25) is 0 Å². The Kier molecular flexibility index (Phi) is 3.06. The molecule has 0 saturated carbocycles. The summed E-state index contributed by atoms with van der Waals surface area (Å²) < 4.78 is 0. The third kappa shape index (κ3) is 2.42. The van der Waals surface area contributed by atoms with Crippen LogP contribution in [0.3, 0.4) is 0 Å². The van der Waals surface area contributed by atoms with Gasteiger partial charge in [-0.05, 0) is 26.0 Å². The molecule has 0 aromatic carbocycles. The molecule has 88 valence electrons. The zero-order valence-electron chi connectivity index (χ0n) is 9.39. The van der Waals surface area contributed by atoms with Crippen LogP contribution in [0, 0.1) is 13.8 Å². The average Bonchev–Trinajstić information content (AvgIpc) is 2.70. The van der Waals surface area contributed by atoms with Crippen LogP contribution in [0.25, 0.3) is 0 Å². The van der Waals surface area contributed by atoms with E-state index in [0.717, 1.165) is 17.1 Å². The van der Waals surface area contributed by atoms with Gasteiger partial charge in [0, 0.05) is 5.69 Å². The highest BCUT2D eigenvalue weighted by atomic mass is 32.1. The molecule has 0 bridgehead atoms. The molecule has 0 aliphatic rings. The van der Waals surface area contributed by atoms with Crippen LogP contribution in [0.15, 0.2) is 17.6 Å². The van der Waals surface area contributed by atoms with Crippen molar-refractivity contribution in [2.45, 2.75) is 13.8 Å². The van der Waals surface area contributed by atoms with Gasteiger partial charge in [0.05, 0.1) is 16.9 Å². The van der Waals surface area contributed by atoms with Crippen LogP contribution in [-0.2, 0) is 0 Å². The number of thiazole rings is 1. The summed E-state index contributed by atoms with van der Waals surface area (Å²) in [6, 6.07) is 3.75. The number of pyridine rings is 1. The van der Waals surface area contributed by atoms with Crippen LogP contribution in [0.5, 0.6) is 0 Å². The number of rotatable bonds is 3. The molecule has 0 fully saturated rings. The average molecular weight is 249 g/mol. The van der Waals surface area contributed by atoms with Crippen LogP contribution in [-0.4, -0.2) is 21.0 Å². The minimum Gasteiger partial charge on any atom is -0.476 e. The van der Waals surface area contributed by atoms with Crippen LogP contribution in [0.2, 0.25) is 0 Å². The van der Waals surface area contributed by atoms with Crippen molar-refractivity contribution in [3.63, 3.8) is 0 Å². The van der Waals surface area contributed by atoms with Gasteiger partial charge in [-0.1, -0.05) is 0 Å². The molecule has 0 saturated heterocycles. The number of aromatic carboxylic acids is 1. The number of hydrogen-bond acceptors (Lipinski definition) is 5. The van der Waals surface area contributed by atoms with E-state index in [2.05, 4.69) is 15.3 Å². The SMILES string of the molecule is Cc1ccc(Nc2scnc2C(=O)O)c(C)n1. The lowest BCUT2D eigenvalue weighted by atomic mass is 10.2. The van der Waals surface area contributed by atoms with E-state index in [9.17, 15) is 4.79 Å². The number of hydrogen-bond donors (Lipinski definition) is 2. The highest BCUT2D eigenvalue weighted by Crippen LogP contribution is 2.26. The number of anilines is 2. The second-order valence-electron chi connectivity index (χ2n) is 3.55. The fraction of sp³-hybridized carbons (Fsp3) is 0.182. The minimum absolute atomic E-state index is 0.0370. The molecule has 2 aromatic heterocycles. The van der Waals surface area contributed by atoms with Crippen molar-refractivity contribution in [2.75, 3.05) is 5.32 Å². The number of carbonyl (C=O) groups is 1. The Morgan fingerprint density at radius 3 is 2.82 bits per heavy atom. The van der Waals surface area contributed by atoms with E-state index in [1.807, 2.05) is 26.0 Å². The lowest BCUT2D eigenvalue weighted by Crippen LogP contribution is -2.02. The Morgan fingerprint density at radius 1 is 1.41 bits per heavy atom. The lowest BCUT2D eigenvalue weighted by Gasteiger charge is -2.07. The molecule has 2 rings (SSSR count). The third-order valence-corrected chi connectivity index (χ3v) is 2.99. The number of nitrogens with zero attached hydrogens (tertiary/aromatic N) is 2. The molecular formula is C11H11N3O2S. The first-order valence-corrected chi connectivity index (χ1v) is 5.84. The second-order valence-corrected chi connectivity index (χ2v) is 4.40. The van der Waals surface area contributed by atoms with Gasteiger partial charge in [-0.3, -0.25) is 4.98 Å². The molecule has 2 N–H and O–H groups in total. The van der Waals surface area contributed by atoms with Crippen molar-refractivity contribution < 1.29 is 9.90 Å². The van der Waals surface area contributed by atoms with Gasteiger partial charge in [0.15, 0.2) is 5.69 Å². The molecule has 0 aliphatic heterocycles. The molecule has 0 aliphatic carbocycles. The number of carboxylic acid groups (broad SMARTS) is 1. The van der Waals surface area contributed by atoms with Gasteiger partial charge in [-0.25, -0.2) is 9.78 Å². The van der Waals surface area contributed by atoms with E-state index >= 15 is 0 Å². The Labute approximate surface area is 102 Å². The molecule has 0 spiro atoms.